The highest BCUT2D eigenvalue weighted by atomic mass is 35.5. The molecule has 120 valence electrons. The zero-order valence-corrected chi connectivity index (χ0v) is 13.1. The molecule has 0 aliphatic carbocycles. The van der Waals surface area contributed by atoms with Crippen molar-refractivity contribution < 1.29 is 4.92 Å². The normalized spacial score (nSPS) is 18.0. The van der Waals surface area contributed by atoms with Gasteiger partial charge in [-0.2, -0.15) is 0 Å². The molecule has 0 amide bonds. The maximum Gasteiger partial charge on any atom is 0.287 e. The number of hydrogen-bond acceptors (Lipinski definition) is 6. The van der Waals surface area contributed by atoms with Crippen molar-refractivity contribution >= 4 is 23.1 Å². The summed E-state index contributed by atoms with van der Waals surface area (Å²) in [5.74, 6) is 0.655. The van der Waals surface area contributed by atoms with E-state index in [1.165, 1.54) is 12.3 Å². The first-order valence-corrected chi connectivity index (χ1v) is 7.68. The van der Waals surface area contributed by atoms with Gasteiger partial charge in [0.05, 0.1) is 4.92 Å². The number of hydrogen-bond donors (Lipinski definition) is 1. The van der Waals surface area contributed by atoms with E-state index in [0.29, 0.717) is 11.0 Å². The second-order valence-electron chi connectivity index (χ2n) is 5.48. The van der Waals surface area contributed by atoms with E-state index < -0.39 is 4.92 Å². The van der Waals surface area contributed by atoms with Crippen molar-refractivity contribution in [2.45, 2.75) is 19.0 Å². The lowest BCUT2D eigenvalue weighted by Gasteiger charge is -2.17. The minimum atomic E-state index is -0.453. The minimum Gasteiger partial charge on any atom is -0.366 e. The SMILES string of the molecule is O=[N+]([O-])c1ccc(N[C@H]2CCN(Cc3cccnc3Cl)C2)nc1. The fraction of sp³-hybridized carbons (Fsp3) is 0.333. The predicted molar refractivity (Wildman–Crippen MR) is 87.4 cm³/mol. The molecule has 0 bridgehead atoms. The van der Waals surface area contributed by atoms with Crippen LogP contribution in [0.3, 0.4) is 0 Å². The molecule has 1 atom stereocenters. The average Bonchev–Trinajstić information content (AvgIpc) is 2.97. The molecule has 1 aliphatic rings. The topological polar surface area (TPSA) is 84.2 Å². The lowest BCUT2D eigenvalue weighted by Crippen LogP contribution is -2.26. The van der Waals surface area contributed by atoms with E-state index >= 15 is 0 Å². The Bertz CT molecular complexity index is 695. The summed E-state index contributed by atoms with van der Waals surface area (Å²) in [4.78, 5) is 20.6. The van der Waals surface area contributed by atoms with Crippen molar-refractivity contribution in [3.8, 4) is 0 Å². The lowest BCUT2D eigenvalue weighted by molar-refractivity contribution is -0.385. The van der Waals surface area contributed by atoms with Crippen LogP contribution in [0, 0.1) is 10.1 Å². The Morgan fingerprint density at radius 2 is 2.26 bits per heavy atom. The van der Waals surface area contributed by atoms with Crippen LogP contribution in [0.25, 0.3) is 0 Å². The zero-order valence-electron chi connectivity index (χ0n) is 12.4. The van der Waals surface area contributed by atoms with Crippen LogP contribution in [-0.2, 0) is 6.54 Å². The van der Waals surface area contributed by atoms with E-state index in [9.17, 15) is 10.1 Å². The van der Waals surface area contributed by atoms with Gasteiger partial charge in [-0.25, -0.2) is 9.97 Å². The Morgan fingerprint density at radius 1 is 1.39 bits per heavy atom. The van der Waals surface area contributed by atoms with Gasteiger partial charge in [-0.3, -0.25) is 15.0 Å². The Morgan fingerprint density at radius 3 is 2.96 bits per heavy atom. The number of likely N-dealkylation sites (tertiary alicyclic amines) is 1. The number of aromatic nitrogens is 2. The molecule has 2 aromatic heterocycles. The molecule has 7 nitrogen and oxygen atoms in total. The Labute approximate surface area is 138 Å². The summed E-state index contributed by atoms with van der Waals surface area (Å²) in [5, 5.41) is 14.5. The molecule has 0 aromatic carbocycles. The molecule has 0 radical (unpaired) electrons. The molecular weight excluding hydrogens is 318 g/mol. The molecule has 23 heavy (non-hydrogen) atoms. The van der Waals surface area contributed by atoms with E-state index in [1.54, 1.807) is 12.3 Å². The van der Waals surface area contributed by atoms with Crippen molar-refractivity contribution in [1.82, 2.24) is 14.9 Å². The van der Waals surface area contributed by atoms with E-state index in [2.05, 4.69) is 20.2 Å². The van der Waals surface area contributed by atoms with Gasteiger partial charge in [-0.05, 0) is 18.6 Å². The smallest absolute Gasteiger partial charge is 0.287 e. The number of halogens is 1. The summed E-state index contributed by atoms with van der Waals surface area (Å²) in [6, 6.07) is 7.22. The molecule has 0 spiro atoms. The van der Waals surface area contributed by atoms with Gasteiger partial charge in [0, 0.05) is 43.5 Å². The van der Waals surface area contributed by atoms with Crippen molar-refractivity contribution in [2.75, 3.05) is 18.4 Å². The van der Waals surface area contributed by atoms with Crippen LogP contribution in [0.1, 0.15) is 12.0 Å². The molecule has 3 rings (SSSR count). The highest BCUT2D eigenvalue weighted by molar-refractivity contribution is 6.30. The van der Waals surface area contributed by atoms with Crippen molar-refractivity contribution in [1.29, 1.82) is 0 Å². The van der Waals surface area contributed by atoms with Crippen LogP contribution >= 0.6 is 11.6 Å². The highest BCUT2D eigenvalue weighted by Crippen LogP contribution is 2.20. The van der Waals surface area contributed by atoms with Gasteiger partial charge in [0.1, 0.15) is 17.2 Å². The average molecular weight is 334 g/mol. The third-order valence-electron chi connectivity index (χ3n) is 3.81. The largest absolute Gasteiger partial charge is 0.366 e. The fourth-order valence-corrected chi connectivity index (χ4v) is 2.84. The Balaban J connectivity index is 1.55. The summed E-state index contributed by atoms with van der Waals surface area (Å²) in [6.07, 6.45) is 3.93. The van der Waals surface area contributed by atoms with Gasteiger partial charge in [0.25, 0.3) is 5.69 Å². The number of nitrogens with zero attached hydrogens (tertiary/aromatic N) is 4. The Hall–Kier alpha value is -2.25. The predicted octanol–water partition coefficient (Wildman–Crippen LogP) is 2.72. The summed E-state index contributed by atoms with van der Waals surface area (Å²) in [5.41, 5.74) is 1.01. The zero-order chi connectivity index (χ0) is 16.2. The van der Waals surface area contributed by atoms with Gasteiger partial charge >= 0.3 is 0 Å². The summed E-state index contributed by atoms with van der Waals surface area (Å²) in [7, 11) is 0. The molecule has 0 saturated carbocycles. The summed E-state index contributed by atoms with van der Waals surface area (Å²) < 4.78 is 0. The second-order valence-corrected chi connectivity index (χ2v) is 5.84. The van der Waals surface area contributed by atoms with Crippen molar-refractivity contribution in [3.63, 3.8) is 0 Å². The maximum atomic E-state index is 10.6. The van der Waals surface area contributed by atoms with Crippen LogP contribution in [0.2, 0.25) is 5.15 Å². The summed E-state index contributed by atoms with van der Waals surface area (Å²) in [6.45, 7) is 2.58. The molecule has 1 aliphatic heterocycles. The van der Waals surface area contributed by atoms with Gasteiger partial charge in [-0.1, -0.05) is 17.7 Å². The van der Waals surface area contributed by atoms with E-state index in [-0.39, 0.29) is 11.7 Å². The molecular formula is C15H16ClN5O2. The first-order valence-electron chi connectivity index (χ1n) is 7.30. The molecule has 1 N–H and O–H groups in total. The lowest BCUT2D eigenvalue weighted by atomic mass is 10.2. The molecule has 8 heteroatoms. The van der Waals surface area contributed by atoms with E-state index in [4.69, 9.17) is 11.6 Å². The van der Waals surface area contributed by atoms with Crippen LogP contribution in [0.5, 0.6) is 0 Å². The monoisotopic (exact) mass is 333 g/mol. The molecule has 3 heterocycles. The quantitative estimate of drug-likeness (QED) is 0.514. The van der Waals surface area contributed by atoms with Crippen molar-refractivity contribution in [3.05, 3.63) is 57.5 Å². The van der Waals surface area contributed by atoms with Gasteiger partial charge in [0.15, 0.2) is 0 Å². The van der Waals surface area contributed by atoms with Gasteiger partial charge in [-0.15, -0.1) is 0 Å². The number of rotatable bonds is 5. The highest BCUT2D eigenvalue weighted by Gasteiger charge is 2.23. The first-order chi connectivity index (χ1) is 11.1. The second kappa shape index (κ2) is 6.89. The van der Waals surface area contributed by atoms with Crippen LogP contribution < -0.4 is 5.32 Å². The summed E-state index contributed by atoms with van der Waals surface area (Å²) >= 11 is 6.09. The molecule has 2 aromatic rings. The van der Waals surface area contributed by atoms with Gasteiger partial charge < -0.3 is 5.32 Å². The maximum absolute atomic E-state index is 10.6. The van der Waals surface area contributed by atoms with Crippen LogP contribution in [-0.4, -0.2) is 38.9 Å². The first kappa shape index (κ1) is 15.6. The standard InChI is InChI=1S/C15H16ClN5O2/c16-15-11(2-1-6-17-15)9-20-7-5-12(10-20)19-14-4-3-13(8-18-14)21(22)23/h1-4,6,8,12H,5,7,9-10H2,(H,18,19)/t12-/m0/s1. The third kappa shape index (κ3) is 3.94. The van der Waals surface area contributed by atoms with Crippen molar-refractivity contribution in [2.24, 2.45) is 0 Å². The van der Waals surface area contributed by atoms with Crippen LogP contribution in [0.4, 0.5) is 11.5 Å². The molecule has 0 unspecified atom stereocenters. The number of nitrogens with one attached hydrogen (secondary N) is 1. The third-order valence-corrected chi connectivity index (χ3v) is 4.15. The number of nitro groups is 1. The molecule has 1 saturated heterocycles. The minimum absolute atomic E-state index is 0.00480. The Kier molecular flexibility index (Phi) is 4.68. The van der Waals surface area contributed by atoms with E-state index in [1.807, 2.05) is 12.1 Å². The fourth-order valence-electron chi connectivity index (χ4n) is 2.66. The number of pyridine rings is 2. The number of anilines is 1. The van der Waals surface area contributed by atoms with E-state index in [0.717, 1.165) is 31.6 Å². The van der Waals surface area contributed by atoms with Crippen LogP contribution in [0.15, 0.2) is 36.7 Å². The van der Waals surface area contributed by atoms with Gasteiger partial charge in [0.2, 0.25) is 0 Å². The molecule has 1 fully saturated rings.